The Balaban J connectivity index is 2.18. The van der Waals surface area contributed by atoms with Gasteiger partial charge in [0.1, 0.15) is 0 Å². The lowest BCUT2D eigenvalue weighted by molar-refractivity contribution is -0.117. The minimum Gasteiger partial charge on any atom is -0.280 e. The van der Waals surface area contributed by atoms with Crippen LogP contribution in [0.4, 0.5) is 5.95 Å². The molecular weight excluding hydrogens is 281 g/mol. The van der Waals surface area contributed by atoms with E-state index in [1.807, 2.05) is 0 Å². The highest BCUT2D eigenvalue weighted by Gasteiger charge is 2.32. The third-order valence-electron chi connectivity index (χ3n) is 2.42. The van der Waals surface area contributed by atoms with Crippen molar-refractivity contribution in [1.82, 2.24) is 15.0 Å². The summed E-state index contributed by atoms with van der Waals surface area (Å²) >= 11 is 11.3. The molecule has 1 aliphatic heterocycles. The second-order valence-corrected chi connectivity index (χ2v) is 4.34. The highest BCUT2D eigenvalue weighted by atomic mass is 35.5. The van der Waals surface area contributed by atoms with Crippen molar-refractivity contribution in [3.8, 4) is 0 Å². The van der Waals surface area contributed by atoms with Gasteiger partial charge in [0.05, 0.1) is 0 Å². The smallest absolute Gasteiger partial charge is 0.237 e. The molecule has 1 atom stereocenters. The number of carbonyl (C=O) groups excluding carboxylic acids is 1. The molecule has 0 aliphatic carbocycles. The molecule has 10 heteroatoms. The van der Waals surface area contributed by atoms with Crippen LogP contribution in [0.25, 0.3) is 10.4 Å². The molecule has 0 spiro atoms. The molecule has 1 aromatic heterocycles. The maximum atomic E-state index is 11.8. The molecule has 1 aromatic rings. The van der Waals surface area contributed by atoms with E-state index in [0.29, 0.717) is 6.54 Å². The summed E-state index contributed by atoms with van der Waals surface area (Å²) in [6.45, 7) is 0.625. The van der Waals surface area contributed by atoms with Gasteiger partial charge in [-0.25, -0.2) is 0 Å². The van der Waals surface area contributed by atoms with Crippen LogP contribution in [-0.4, -0.2) is 33.9 Å². The third-order valence-corrected chi connectivity index (χ3v) is 2.76. The standard InChI is InChI=1S/C8H7Cl2N7O/c9-6-13-7(10)15-8(14-6)17-3-4(1-5(17)18)2-12-16-11/h4H,1-3H2. The fraction of sp³-hybridized carbons (Fsp3) is 0.500. The fourth-order valence-electron chi connectivity index (χ4n) is 1.69. The van der Waals surface area contributed by atoms with Gasteiger partial charge in [0.15, 0.2) is 0 Å². The minimum absolute atomic E-state index is 0.0530. The van der Waals surface area contributed by atoms with Crippen molar-refractivity contribution in [2.45, 2.75) is 6.42 Å². The van der Waals surface area contributed by atoms with Crippen LogP contribution in [0.15, 0.2) is 5.11 Å². The molecule has 1 aliphatic rings. The van der Waals surface area contributed by atoms with E-state index in [-0.39, 0.29) is 41.3 Å². The summed E-state index contributed by atoms with van der Waals surface area (Å²) in [5.74, 6) is -0.0948. The Labute approximate surface area is 112 Å². The van der Waals surface area contributed by atoms with E-state index in [1.54, 1.807) is 0 Å². The van der Waals surface area contributed by atoms with Crippen LogP contribution in [0.1, 0.15) is 6.42 Å². The Morgan fingerprint density at radius 1 is 1.39 bits per heavy atom. The highest BCUT2D eigenvalue weighted by molar-refractivity contribution is 6.31. The molecule has 1 saturated heterocycles. The van der Waals surface area contributed by atoms with Crippen LogP contribution >= 0.6 is 23.2 Å². The molecule has 2 heterocycles. The number of azide groups is 1. The first kappa shape index (κ1) is 12.8. The second kappa shape index (κ2) is 5.34. The number of rotatable bonds is 3. The molecule has 18 heavy (non-hydrogen) atoms. The van der Waals surface area contributed by atoms with Gasteiger partial charge in [-0.3, -0.25) is 9.69 Å². The summed E-state index contributed by atoms with van der Waals surface area (Å²) in [5.41, 5.74) is 8.24. The number of halogens is 2. The maximum Gasteiger partial charge on any atom is 0.237 e. The molecule has 0 aromatic carbocycles. The zero-order valence-corrected chi connectivity index (χ0v) is 10.5. The lowest BCUT2D eigenvalue weighted by Gasteiger charge is -2.13. The van der Waals surface area contributed by atoms with Crippen LogP contribution in [0.2, 0.25) is 10.6 Å². The minimum atomic E-state index is -0.161. The van der Waals surface area contributed by atoms with Crippen LogP contribution in [0.3, 0.4) is 0 Å². The summed E-state index contributed by atoms with van der Waals surface area (Å²) in [7, 11) is 0. The first-order chi connectivity index (χ1) is 8.60. The number of anilines is 1. The van der Waals surface area contributed by atoms with Gasteiger partial charge in [0, 0.05) is 24.4 Å². The third kappa shape index (κ3) is 2.79. The topological polar surface area (TPSA) is 108 Å². The first-order valence-corrected chi connectivity index (χ1v) is 5.74. The largest absolute Gasteiger partial charge is 0.280 e. The Morgan fingerprint density at radius 3 is 2.67 bits per heavy atom. The maximum absolute atomic E-state index is 11.8. The summed E-state index contributed by atoms with van der Waals surface area (Å²) in [5, 5.41) is 3.30. The molecule has 0 bridgehead atoms. The monoisotopic (exact) mass is 287 g/mol. The highest BCUT2D eigenvalue weighted by Crippen LogP contribution is 2.23. The fourth-order valence-corrected chi connectivity index (χ4v) is 2.04. The van der Waals surface area contributed by atoms with E-state index in [0.717, 1.165) is 0 Å². The SMILES string of the molecule is [N-]=[N+]=NCC1CC(=O)N(c2nc(Cl)nc(Cl)n2)C1. The van der Waals surface area contributed by atoms with Gasteiger partial charge in [-0.1, -0.05) is 5.11 Å². The zero-order valence-electron chi connectivity index (χ0n) is 8.99. The van der Waals surface area contributed by atoms with Gasteiger partial charge in [-0.2, -0.15) is 15.0 Å². The van der Waals surface area contributed by atoms with Gasteiger partial charge in [-0.15, -0.1) is 0 Å². The van der Waals surface area contributed by atoms with Crippen molar-refractivity contribution < 1.29 is 4.79 Å². The molecule has 0 saturated carbocycles. The Morgan fingerprint density at radius 2 is 2.06 bits per heavy atom. The van der Waals surface area contributed by atoms with Crippen molar-refractivity contribution in [2.24, 2.45) is 11.0 Å². The average Bonchev–Trinajstić information content (AvgIpc) is 2.66. The Kier molecular flexibility index (Phi) is 3.81. The number of nitrogens with zero attached hydrogens (tertiary/aromatic N) is 7. The molecular formula is C8H7Cl2N7O. The van der Waals surface area contributed by atoms with Crippen molar-refractivity contribution in [3.63, 3.8) is 0 Å². The number of aromatic nitrogens is 3. The summed E-state index contributed by atoms with van der Waals surface area (Å²) < 4.78 is 0. The van der Waals surface area contributed by atoms with E-state index in [1.165, 1.54) is 4.90 Å². The number of hydrogen-bond donors (Lipinski definition) is 0. The first-order valence-electron chi connectivity index (χ1n) is 4.98. The second-order valence-electron chi connectivity index (χ2n) is 3.66. The van der Waals surface area contributed by atoms with Crippen LogP contribution in [0.5, 0.6) is 0 Å². The van der Waals surface area contributed by atoms with E-state index in [9.17, 15) is 4.79 Å². The van der Waals surface area contributed by atoms with Crippen molar-refractivity contribution in [1.29, 1.82) is 0 Å². The predicted octanol–water partition coefficient (Wildman–Crippen LogP) is 1.84. The van der Waals surface area contributed by atoms with Gasteiger partial charge in [-0.05, 0) is 34.7 Å². The molecule has 94 valence electrons. The molecule has 1 amide bonds. The molecule has 8 nitrogen and oxygen atoms in total. The van der Waals surface area contributed by atoms with Crippen LogP contribution in [-0.2, 0) is 4.79 Å². The number of carbonyl (C=O) groups is 1. The predicted molar refractivity (Wildman–Crippen MR) is 64.3 cm³/mol. The molecule has 0 radical (unpaired) electrons. The lowest BCUT2D eigenvalue weighted by Crippen LogP contribution is -2.27. The lowest BCUT2D eigenvalue weighted by atomic mass is 10.1. The normalized spacial score (nSPS) is 18.9. The molecule has 2 rings (SSSR count). The average molecular weight is 288 g/mol. The molecule has 0 N–H and O–H groups in total. The van der Waals surface area contributed by atoms with E-state index < -0.39 is 0 Å². The van der Waals surface area contributed by atoms with Gasteiger partial charge >= 0.3 is 0 Å². The molecule has 1 unspecified atom stereocenters. The Hall–Kier alpha value is -1.63. The van der Waals surface area contributed by atoms with Gasteiger partial charge in [0.25, 0.3) is 0 Å². The van der Waals surface area contributed by atoms with Gasteiger partial charge in [0.2, 0.25) is 22.4 Å². The van der Waals surface area contributed by atoms with Crippen molar-refractivity contribution in [2.75, 3.05) is 18.0 Å². The Bertz CT molecular complexity index is 510. The number of amides is 1. The van der Waals surface area contributed by atoms with Crippen molar-refractivity contribution in [3.05, 3.63) is 21.0 Å². The number of hydrogen-bond acceptors (Lipinski definition) is 5. The van der Waals surface area contributed by atoms with Crippen LogP contribution < -0.4 is 4.90 Å². The summed E-state index contributed by atoms with van der Waals surface area (Å²) in [6.07, 6.45) is 0.278. The summed E-state index contributed by atoms with van der Waals surface area (Å²) in [6, 6.07) is 0. The quantitative estimate of drug-likeness (QED) is 0.480. The van der Waals surface area contributed by atoms with Crippen molar-refractivity contribution >= 4 is 35.1 Å². The molecule has 1 fully saturated rings. The zero-order chi connectivity index (χ0) is 13.1. The van der Waals surface area contributed by atoms with E-state index in [2.05, 4.69) is 25.0 Å². The van der Waals surface area contributed by atoms with Crippen LogP contribution in [0, 0.1) is 5.92 Å². The van der Waals surface area contributed by atoms with Gasteiger partial charge < -0.3 is 0 Å². The summed E-state index contributed by atoms with van der Waals surface area (Å²) in [4.78, 5) is 27.1. The van der Waals surface area contributed by atoms with E-state index in [4.69, 9.17) is 28.7 Å². The van der Waals surface area contributed by atoms with E-state index >= 15 is 0 Å².